The molecule has 0 saturated heterocycles. The molecule has 1 amide bonds. The Balaban J connectivity index is 2.85. The molecule has 110 valence electrons. The van der Waals surface area contributed by atoms with Crippen molar-refractivity contribution in [3.05, 3.63) is 33.4 Å². The van der Waals surface area contributed by atoms with Gasteiger partial charge in [-0.05, 0) is 37.9 Å². The van der Waals surface area contributed by atoms with Crippen LogP contribution in [0, 0.1) is 29.9 Å². The molecule has 1 aromatic carbocycles. The van der Waals surface area contributed by atoms with Crippen molar-refractivity contribution in [2.45, 2.75) is 33.6 Å². The third kappa shape index (κ3) is 4.03. The van der Waals surface area contributed by atoms with Crippen LogP contribution in [0.3, 0.4) is 0 Å². The van der Waals surface area contributed by atoms with Gasteiger partial charge in [-0.3, -0.25) is 14.9 Å². The Labute approximate surface area is 118 Å². The summed E-state index contributed by atoms with van der Waals surface area (Å²) < 4.78 is 0. The van der Waals surface area contributed by atoms with E-state index in [2.05, 4.69) is 5.32 Å². The van der Waals surface area contributed by atoms with Crippen LogP contribution in [0.1, 0.15) is 30.9 Å². The SMILES string of the molecule is CCC(CN)CC(=O)Nc1cc(C)c([N+](=O)[O-])cc1C. The number of nitrogens with two attached hydrogens (primary N) is 1. The van der Waals surface area contributed by atoms with Crippen LogP contribution in [-0.2, 0) is 4.79 Å². The molecule has 0 aromatic heterocycles. The minimum absolute atomic E-state index is 0.0638. The molecule has 1 aromatic rings. The fraction of sp³-hybridized carbons (Fsp3) is 0.500. The number of nitro benzene ring substituents is 1. The summed E-state index contributed by atoms with van der Waals surface area (Å²) in [5, 5.41) is 13.6. The molecule has 1 atom stereocenters. The first-order chi connectivity index (χ1) is 9.38. The minimum atomic E-state index is -0.421. The number of nitro groups is 1. The van der Waals surface area contributed by atoms with Gasteiger partial charge in [-0.1, -0.05) is 13.3 Å². The van der Waals surface area contributed by atoms with Crippen molar-refractivity contribution < 1.29 is 9.72 Å². The molecule has 0 aliphatic carbocycles. The monoisotopic (exact) mass is 279 g/mol. The molecule has 0 radical (unpaired) electrons. The van der Waals surface area contributed by atoms with Crippen LogP contribution in [0.2, 0.25) is 0 Å². The molecule has 0 saturated carbocycles. The molecule has 0 bridgehead atoms. The number of carbonyl (C=O) groups is 1. The van der Waals surface area contributed by atoms with E-state index in [0.29, 0.717) is 29.8 Å². The van der Waals surface area contributed by atoms with E-state index >= 15 is 0 Å². The molecule has 0 aliphatic rings. The first-order valence-electron chi connectivity index (χ1n) is 6.64. The van der Waals surface area contributed by atoms with E-state index in [9.17, 15) is 14.9 Å². The summed E-state index contributed by atoms with van der Waals surface area (Å²) in [4.78, 5) is 22.3. The molecule has 3 N–H and O–H groups in total. The molecule has 1 rings (SSSR count). The summed E-state index contributed by atoms with van der Waals surface area (Å²) in [5.41, 5.74) is 7.46. The van der Waals surface area contributed by atoms with E-state index in [-0.39, 0.29) is 17.5 Å². The predicted molar refractivity (Wildman–Crippen MR) is 78.7 cm³/mol. The van der Waals surface area contributed by atoms with Crippen molar-refractivity contribution in [2.24, 2.45) is 11.7 Å². The summed E-state index contributed by atoms with van der Waals surface area (Å²) in [6.45, 7) is 5.86. The third-order valence-corrected chi connectivity index (χ3v) is 3.40. The minimum Gasteiger partial charge on any atom is -0.330 e. The van der Waals surface area contributed by atoms with E-state index in [4.69, 9.17) is 5.73 Å². The summed E-state index contributed by atoms with van der Waals surface area (Å²) in [5.74, 6) is 0.0492. The number of benzene rings is 1. The fourth-order valence-electron chi connectivity index (χ4n) is 1.99. The van der Waals surface area contributed by atoms with Gasteiger partial charge in [0.2, 0.25) is 5.91 Å². The molecule has 0 spiro atoms. The smallest absolute Gasteiger partial charge is 0.272 e. The zero-order valence-corrected chi connectivity index (χ0v) is 12.1. The first kappa shape index (κ1) is 16.1. The number of hydrogen-bond acceptors (Lipinski definition) is 4. The normalized spacial score (nSPS) is 12.0. The number of carbonyl (C=O) groups excluding carboxylic acids is 1. The zero-order valence-electron chi connectivity index (χ0n) is 12.1. The van der Waals surface area contributed by atoms with Gasteiger partial charge in [0.15, 0.2) is 0 Å². The lowest BCUT2D eigenvalue weighted by Crippen LogP contribution is -2.22. The van der Waals surface area contributed by atoms with Gasteiger partial charge < -0.3 is 11.1 Å². The van der Waals surface area contributed by atoms with E-state index in [1.165, 1.54) is 6.07 Å². The number of hydrogen-bond donors (Lipinski definition) is 2. The molecule has 6 nitrogen and oxygen atoms in total. The number of rotatable bonds is 6. The van der Waals surface area contributed by atoms with E-state index in [0.717, 1.165) is 6.42 Å². The fourth-order valence-corrected chi connectivity index (χ4v) is 1.99. The number of nitrogens with zero attached hydrogens (tertiary/aromatic N) is 1. The molecule has 0 heterocycles. The van der Waals surface area contributed by atoms with Gasteiger partial charge >= 0.3 is 0 Å². The summed E-state index contributed by atoms with van der Waals surface area (Å²) in [6, 6.07) is 3.11. The standard InChI is InChI=1S/C14H21N3O3/c1-4-11(8-15)7-14(18)16-12-5-10(3)13(17(19)20)6-9(12)2/h5-6,11H,4,7-8,15H2,1-3H3,(H,16,18). The van der Waals surface area contributed by atoms with Crippen LogP contribution >= 0.6 is 0 Å². The van der Waals surface area contributed by atoms with Crippen LogP contribution in [0.15, 0.2) is 12.1 Å². The molecule has 1 unspecified atom stereocenters. The first-order valence-corrected chi connectivity index (χ1v) is 6.64. The Morgan fingerprint density at radius 1 is 1.40 bits per heavy atom. The number of nitrogens with one attached hydrogen (secondary N) is 1. The van der Waals surface area contributed by atoms with Crippen LogP contribution in [0.5, 0.6) is 0 Å². The molecular weight excluding hydrogens is 258 g/mol. The van der Waals surface area contributed by atoms with Crippen molar-refractivity contribution in [1.29, 1.82) is 0 Å². The highest BCUT2D eigenvalue weighted by Crippen LogP contribution is 2.26. The van der Waals surface area contributed by atoms with Crippen molar-refractivity contribution in [3.63, 3.8) is 0 Å². The second-order valence-corrected chi connectivity index (χ2v) is 4.97. The van der Waals surface area contributed by atoms with E-state index in [1.807, 2.05) is 6.92 Å². The molecular formula is C14H21N3O3. The maximum absolute atomic E-state index is 11.9. The Morgan fingerprint density at radius 3 is 2.55 bits per heavy atom. The van der Waals surface area contributed by atoms with Crippen LogP contribution in [-0.4, -0.2) is 17.4 Å². The van der Waals surface area contributed by atoms with Gasteiger partial charge in [0.1, 0.15) is 0 Å². The molecule has 20 heavy (non-hydrogen) atoms. The highest BCUT2D eigenvalue weighted by molar-refractivity contribution is 5.92. The quantitative estimate of drug-likeness (QED) is 0.617. The van der Waals surface area contributed by atoms with Crippen LogP contribution in [0.25, 0.3) is 0 Å². The Morgan fingerprint density at radius 2 is 2.05 bits per heavy atom. The lowest BCUT2D eigenvalue weighted by Gasteiger charge is -2.13. The highest BCUT2D eigenvalue weighted by Gasteiger charge is 2.16. The summed E-state index contributed by atoms with van der Waals surface area (Å²) >= 11 is 0. The van der Waals surface area contributed by atoms with E-state index in [1.54, 1.807) is 19.9 Å². The predicted octanol–water partition coefficient (Wildman–Crippen LogP) is 2.53. The number of anilines is 1. The van der Waals surface area contributed by atoms with Crippen molar-refractivity contribution in [3.8, 4) is 0 Å². The second-order valence-electron chi connectivity index (χ2n) is 4.97. The van der Waals surface area contributed by atoms with E-state index < -0.39 is 4.92 Å². The Kier molecular flexibility index (Phi) is 5.64. The average molecular weight is 279 g/mol. The van der Waals surface area contributed by atoms with Gasteiger partial charge in [0, 0.05) is 23.7 Å². The second kappa shape index (κ2) is 7.00. The van der Waals surface area contributed by atoms with Gasteiger partial charge in [-0.15, -0.1) is 0 Å². The topological polar surface area (TPSA) is 98.3 Å². The third-order valence-electron chi connectivity index (χ3n) is 3.40. The largest absolute Gasteiger partial charge is 0.330 e. The lowest BCUT2D eigenvalue weighted by atomic mass is 10.0. The van der Waals surface area contributed by atoms with Crippen molar-refractivity contribution >= 4 is 17.3 Å². The molecule has 6 heteroatoms. The average Bonchev–Trinajstić information content (AvgIpc) is 2.39. The maximum atomic E-state index is 11.9. The lowest BCUT2D eigenvalue weighted by molar-refractivity contribution is -0.385. The number of aryl methyl sites for hydroxylation is 2. The molecule has 0 aliphatic heterocycles. The van der Waals surface area contributed by atoms with Gasteiger partial charge in [0.25, 0.3) is 5.69 Å². The highest BCUT2D eigenvalue weighted by atomic mass is 16.6. The van der Waals surface area contributed by atoms with Gasteiger partial charge in [-0.25, -0.2) is 0 Å². The van der Waals surface area contributed by atoms with Crippen LogP contribution in [0.4, 0.5) is 11.4 Å². The molecule has 0 fully saturated rings. The Hall–Kier alpha value is -1.95. The summed E-state index contributed by atoms with van der Waals surface area (Å²) in [7, 11) is 0. The van der Waals surface area contributed by atoms with Gasteiger partial charge in [0.05, 0.1) is 4.92 Å². The number of amides is 1. The Bertz CT molecular complexity index is 511. The summed E-state index contributed by atoms with van der Waals surface area (Å²) in [6.07, 6.45) is 1.21. The zero-order chi connectivity index (χ0) is 15.3. The maximum Gasteiger partial charge on any atom is 0.272 e. The van der Waals surface area contributed by atoms with Crippen LogP contribution < -0.4 is 11.1 Å². The van der Waals surface area contributed by atoms with Crippen molar-refractivity contribution in [2.75, 3.05) is 11.9 Å². The van der Waals surface area contributed by atoms with Gasteiger partial charge in [-0.2, -0.15) is 0 Å². The van der Waals surface area contributed by atoms with Crippen molar-refractivity contribution in [1.82, 2.24) is 0 Å².